The van der Waals surface area contributed by atoms with Crippen LogP contribution in [0.3, 0.4) is 0 Å². The molecule has 3 aromatic heterocycles. The van der Waals surface area contributed by atoms with Crippen LogP contribution in [0.25, 0.3) is 10.2 Å². The molecule has 1 aliphatic heterocycles. The van der Waals surface area contributed by atoms with Crippen molar-refractivity contribution in [3.63, 3.8) is 0 Å². The van der Waals surface area contributed by atoms with E-state index in [-0.39, 0.29) is 17.2 Å². The third-order valence-electron chi connectivity index (χ3n) is 4.42. The van der Waals surface area contributed by atoms with Gasteiger partial charge in [-0.25, -0.2) is 14.8 Å². The van der Waals surface area contributed by atoms with Crippen molar-refractivity contribution in [3.05, 3.63) is 34.3 Å². The normalized spacial score (nSPS) is 13.8. The van der Waals surface area contributed by atoms with E-state index in [0.29, 0.717) is 23.7 Å². The summed E-state index contributed by atoms with van der Waals surface area (Å²) in [4.78, 5) is 47.4. The number of thiazole rings is 1. The third-order valence-corrected chi connectivity index (χ3v) is 6.26. The molecule has 1 saturated heterocycles. The minimum atomic E-state index is -0.842. The van der Waals surface area contributed by atoms with Crippen molar-refractivity contribution in [2.24, 2.45) is 0 Å². The van der Waals surface area contributed by atoms with Gasteiger partial charge in [-0.15, -0.1) is 22.7 Å². The Morgan fingerprint density at radius 1 is 1.26 bits per heavy atom. The maximum absolute atomic E-state index is 12.7. The van der Waals surface area contributed by atoms with Gasteiger partial charge in [-0.05, 0) is 18.4 Å². The van der Waals surface area contributed by atoms with Crippen LogP contribution in [0.1, 0.15) is 27.1 Å². The summed E-state index contributed by atoms with van der Waals surface area (Å²) in [5.74, 6) is -0.275. The molecule has 4 heterocycles. The predicted octanol–water partition coefficient (Wildman–Crippen LogP) is 2.73. The Bertz CT molecular complexity index is 1120. The fraction of sp³-hybridized carbons (Fsp3) is 0.316. The molecule has 12 heteroatoms. The van der Waals surface area contributed by atoms with Gasteiger partial charge in [-0.1, -0.05) is 0 Å². The first-order valence-corrected chi connectivity index (χ1v) is 11.2. The van der Waals surface area contributed by atoms with Crippen molar-refractivity contribution in [2.45, 2.75) is 6.92 Å². The Balaban J connectivity index is 1.48. The van der Waals surface area contributed by atoms with Crippen LogP contribution >= 0.6 is 22.7 Å². The van der Waals surface area contributed by atoms with E-state index in [9.17, 15) is 14.4 Å². The summed E-state index contributed by atoms with van der Waals surface area (Å²) in [6.45, 7) is 4.62. The smallest absolute Gasteiger partial charge is 0.414 e. The summed E-state index contributed by atoms with van der Waals surface area (Å²) < 4.78 is 10.9. The molecule has 0 atom stereocenters. The molecule has 1 aliphatic rings. The first kappa shape index (κ1) is 21.2. The molecule has 0 unspecified atom stereocenters. The van der Waals surface area contributed by atoms with Crippen LogP contribution in [-0.4, -0.2) is 60.8 Å². The molecule has 0 radical (unpaired) electrons. The van der Waals surface area contributed by atoms with Gasteiger partial charge < -0.3 is 19.7 Å². The molecule has 0 aliphatic carbocycles. The number of alkyl carbamates (subject to hydrolysis) is 1. The Morgan fingerprint density at radius 3 is 2.84 bits per heavy atom. The standard InChI is InChI=1S/C19H19N5O5S2/c1-2-29-19(27)23-15(25)11-3-8-30-17(11)22-16(26)18-21-12-10-20-14(9-13(12)31-18)24-4-6-28-7-5-24/h3,8-10H,2,4-7H2,1H3,(H,22,26)(H,23,25,27). The van der Waals surface area contributed by atoms with Gasteiger partial charge in [0.1, 0.15) is 16.3 Å². The Labute approximate surface area is 185 Å². The van der Waals surface area contributed by atoms with Gasteiger partial charge in [-0.2, -0.15) is 0 Å². The van der Waals surface area contributed by atoms with Crippen molar-refractivity contribution >= 4 is 61.6 Å². The summed E-state index contributed by atoms with van der Waals surface area (Å²) >= 11 is 2.42. The number of rotatable bonds is 5. The summed E-state index contributed by atoms with van der Waals surface area (Å²) in [6, 6.07) is 3.43. The van der Waals surface area contributed by atoms with E-state index in [4.69, 9.17) is 9.47 Å². The first-order chi connectivity index (χ1) is 15.0. The number of nitrogens with one attached hydrogen (secondary N) is 2. The molecule has 0 bridgehead atoms. The number of aromatic nitrogens is 2. The fourth-order valence-corrected chi connectivity index (χ4v) is 4.60. The third kappa shape index (κ3) is 4.81. The minimum Gasteiger partial charge on any atom is -0.450 e. The number of carbonyl (C=O) groups is 3. The van der Waals surface area contributed by atoms with Gasteiger partial charge >= 0.3 is 6.09 Å². The maximum atomic E-state index is 12.7. The van der Waals surface area contributed by atoms with E-state index in [0.717, 1.165) is 23.6 Å². The lowest BCUT2D eigenvalue weighted by Crippen LogP contribution is -2.36. The van der Waals surface area contributed by atoms with Gasteiger partial charge in [0.2, 0.25) is 0 Å². The average Bonchev–Trinajstić information content (AvgIpc) is 3.40. The number of pyridine rings is 1. The number of nitrogens with zero attached hydrogens (tertiary/aromatic N) is 3. The van der Waals surface area contributed by atoms with E-state index in [1.807, 2.05) is 6.07 Å². The second-order valence-electron chi connectivity index (χ2n) is 6.42. The van der Waals surface area contributed by atoms with E-state index in [1.54, 1.807) is 18.5 Å². The highest BCUT2D eigenvalue weighted by atomic mass is 32.1. The number of thiophene rings is 1. The lowest BCUT2D eigenvalue weighted by molar-refractivity contribution is 0.0926. The van der Waals surface area contributed by atoms with Crippen molar-refractivity contribution in [1.29, 1.82) is 0 Å². The summed E-state index contributed by atoms with van der Waals surface area (Å²) in [6.07, 6.45) is 0.808. The Morgan fingerprint density at radius 2 is 2.06 bits per heavy atom. The largest absolute Gasteiger partial charge is 0.450 e. The molecule has 162 valence electrons. The molecule has 2 N–H and O–H groups in total. The average molecular weight is 462 g/mol. The molecule has 31 heavy (non-hydrogen) atoms. The number of amides is 3. The molecular weight excluding hydrogens is 442 g/mol. The van der Waals surface area contributed by atoms with Crippen molar-refractivity contribution in [2.75, 3.05) is 43.1 Å². The van der Waals surface area contributed by atoms with Gasteiger partial charge in [-0.3, -0.25) is 14.9 Å². The van der Waals surface area contributed by atoms with Crippen LogP contribution in [0.2, 0.25) is 0 Å². The number of anilines is 2. The SMILES string of the molecule is CCOC(=O)NC(=O)c1ccsc1NC(=O)c1nc2cnc(N3CCOCC3)cc2s1. The lowest BCUT2D eigenvalue weighted by atomic mass is 10.3. The van der Waals surface area contributed by atoms with Crippen LogP contribution < -0.4 is 15.5 Å². The summed E-state index contributed by atoms with van der Waals surface area (Å²) in [5, 5.41) is 7.03. The molecule has 0 spiro atoms. The zero-order valence-corrected chi connectivity index (χ0v) is 18.2. The number of imide groups is 1. The molecule has 4 rings (SSSR count). The van der Waals surface area contributed by atoms with E-state index < -0.39 is 17.9 Å². The highest BCUT2D eigenvalue weighted by Gasteiger charge is 2.21. The quantitative estimate of drug-likeness (QED) is 0.595. The number of morpholine rings is 1. The molecule has 3 aromatic rings. The van der Waals surface area contributed by atoms with Crippen LogP contribution in [0.15, 0.2) is 23.7 Å². The van der Waals surface area contributed by atoms with Gasteiger partial charge in [0.05, 0.1) is 36.3 Å². The second-order valence-corrected chi connectivity index (χ2v) is 8.37. The fourth-order valence-electron chi connectivity index (χ4n) is 2.95. The highest BCUT2D eigenvalue weighted by molar-refractivity contribution is 7.20. The number of hydrogen-bond donors (Lipinski definition) is 2. The zero-order valence-electron chi connectivity index (χ0n) is 16.5. The van der Waals surface area contributed by atoms with Crippen molar-refractivity contribution in [1.82, 2.24) is 15.3 Å². The maximum Gasteiger partial charge on any atom is 0.414 e. The molecule has 10 nitrogen and oxygen atoms in total. The molecular formula is C19H19N5O5S2. The van der Waals surface area contributed by atoms with Gasteiger partial charge in [0.15, 0.2) is 5.01 Å². The molecule has 0 aromatic carbocycles. The zero-order chi connectivity index (χ0) is 21.8. The number of ether oxygens (including phenoxy) is 2. The van der Waals surface area contributed by atoms with Crippen LogP contribution in [0.5, 0.6) is 0 Å². The number of hydrogen-bond acceptors (Lipinski definition) is 10. The van der Waals surface area contributed by atoms with Gasteiger partial charge in [0, 0.05) is 19.2 Å². The van der Waals surface area contributed by atoms with E-state index >= 15 is 0 Å². The molecule has 3 amide bonds. The van der Waals surface area contributed by atoms with E-state index in [1.165, 1.54) is 28.7 Å². The molecule has 1 fully saturated rings. The van der Waals surface area contributed by atoms with Crippen LogP contribution in [0.4, 0.5) is 15.6 Å². The van der Waals surface area contributed by atoms with Crippen LogP contribution in [-0.2, 0) is 9.47 Å². The minimum absolute atomic E-state index is 0.145. The Hall–Kier alpha value is -3.09. The highest BCUT2D eigenvalue weighted by Crippen LogP contribution is 2.28. The Kier molecular flexibility index (Phi) is 6.39. The van der Waals surface area contributed by atoms with Crippen molar-refractivity contribution < 1.29 is 23.9 Å². The topological polar surface area (TPSA) is 123 Å². The monoisotopic (exact) mass is 461 g/mol. The predicted molar refractivity (Wildman–Crippen MR) is 117 cm³/mol. The summed E-state index contributed by atoms with van der Waals surface area (Å²) in [7, 11) is 0. The number of carbonyl (C=O) groups excluding carboxylic acids is 3. The van der Waals surface area contributed by atoms with Crippen LogP contribution in [0, 0.1) is 0 Å². The number of fused-ring (bicyclic) bond motifs is 1. The summed E-state index contributed by atoms with van der Waals surface area (Å²) in [5.41, 5.74) is 0.794. The first-order valence-electron chi connectivity index (χ1n) is 9.51. The second kappa shape index (κ2) is 9.37. The molecule has 0 saturated carbocycles. The van der Waals surface area contributed by atoms with E-state index in [2.05, 4.69) is 25.5 Å². The lowest BCUT2D eigenvalue weighted by Gasteiger charge is -2.27. The van der Waals surface area contributed by atoms with Crippen molar-refractivity contribution in [3.8, 4) is 0 Å². The van der Waals surface area contributed by atoms with Gasteiger partial charge in [0.25, 0.3) is 11.8 Å².